The number of nitrogens with zero attached hydrogens (tertiary/aromatic N) is 2. The maximum Gasteiger partial charge on any atom is 0.162 e. The van der Waals surface area contributed by atoms with Gasteiger partial charge in [0.2, 0.25) is 0 Å². The van der Waals surface area contributed by atoms with Crippen LogP contribution in [-0.2, 0) is 0 Å². The molecule has 2 aromatic carbocycles. The Morgan fingerprint density at radius 2 is 1.83 bits per heavy atom. The normalized spacial score (nSPS) is 12.3. The van der Waals surface area contributed by atoms with Gasteiger partial charge in [-0.15, -0.1) is 0 Å². The van der Waals surface area contributed by atoms with E-state index in [1.165, 1.54) is 11.1 Å². The maximum atomic E-state index is 5.47. The van der Waals surface area contributed by atoms with Crippen molar-refractivity contribution in [3.05, 3.63) is 59.4 Å². The summed E-state index contributed by atoms with van der Waals surface area (Å²) in [5.74, 6) is 2.80. The lowest BCUT2D eigenvalue weighted by molar-refractivity contribution is 0.356. The Balaban J connectivity index is 1.94. The molecule has 152 valence electrons. The lowest BCUT2D eigenvalue weighted by Crippen LogP contribution is -2.10. The first-order chi connectivity index (χ1) is 14.0. The third-order valence-electron chi connectivity index (χ3n) is 4.84. The molecule has 0 fully saturated rings. The van der Waals surface area contributed by atoms with Gasteiger partial charge in [0.15, 0.2) is 11.5 Å². The molecule has 5 nitrogen and oxygen atoms in total. The van der Waals surface area contributed by atoms with Crippen LogP contribution in [-0.4, -0.2) is 24.2 Å². The largest absolute Gasteiger partial charge is 0.493 e. The number of methoxy groups -OCH3 is 2. The number of benzene rings is 2. The summed E-state index contributed by atoms with van der Waals surface area (Å²) in [5.41, 5.74) is 3.23. The Labute approximate surface area is 172 Å². The molecule has 0 aliphatic rings. The highest BCUT2D eigenvalue weighted by Gasteiger charge is 2.14. The number of allylic oxidation sites excluding steroid dienone is 1. The molecule has 1 heterocycles. The number of aryl methyl sites for hydroxylation is 1. The summed E-state index contributed by atoms with van der Waals surface area (Å²) in [5, 5.41) is 4.46. The molecule has 29 heavy (non-hydrogen) atoms. The van der Waals surface area contributed by atoms with Gasteiger partial charge >= 0.3 is 0 Å². The molecule has 0 amide bonds. The number of anilines is 1. The third kappa shape index (κ3) is 4.86. The number of hydrogen-bond acceptors (Lipinski definition) is 5. The first-order valence-electron chi connectivity index (χ1n) is 9.99. The van der Waals surface area contributed by atoms with Gasteiger partial charge in [0.1, 0.15) is 11.6 Å². The van der Waals surface area contributed by atoms with Crippen molar-refractivity contribution in [3.63, 3.8) is 0 Å². The predicted molar refractivity (Wildman–Crippen MR) is 120 cm³/mol. The standard InChI is InChI=1S/C24H29N3O2/c1-6-7-8-10-18-11-9-12-19(13-18)16(2)25-24-20-14-22(28-4)23(29-5)15-21(20)26-17(3)27-24/h8-16H,6-7H2,1-5H3,(H,25,26,27)/b10-8+. The van der Waals surface area contributed by atoms with Crippen LogP contribution in [0.2, 0.25) is 0 Å². The predicted octanol–water partition coefficient (Wildman–Crippen LogP) is 5.94. The summed E-state index contributed by atoms with van der Waals surface area (Å²) in [6.07, 6.45) is 6.65. The second kappa shape index (κ2) is 9.41. The van der Waals surface area contributed by atoms with Crippen LogP contribution in [0.3, 0.4) is 0 Å². The SMILES string of the molecule is CCC/C=C/c1cccc(C(C)Nc2nc(C)nc3cc(OC)c(OC)cc23)c1. The highest BCUT2D eigenvalue weighted by molar-refractivity contribution is 5.92. The zero-order valence-corrected chi connectivity index (χ0v) is 17.8. The van der Waals surface area contributed by atoms with Crippen LogP contribution >= 0.6 is 0 Å². The van der Waals surface area contributed by atoms with Crippen molar-refractivity contribution < 1.29 is 9.47 Å². The number of hydrogen-bond donors (Lipinski definition) is 1. The molecule has 0 saturated heterocycles. The summed E-state index contributed by atoms with van der Waals surface area (Å²) < 4.78 is 10.9. The van der Waals surface area contributed by atoms with Crippen LogP contribution in [0.25, 0.3) is 17.0 Å². The molecular weight excluding hydrogens is 362 g/mol. The molecular formula is C24H29N3O2. The van der Waals surface area contributed by atoms with Crippen LogP contribution in [0.15, 0.2) is 42.5 Å². The summed E-state index contributed by atoms with van der Waals surface area (Å²) in [6, 6.07) is 12.5. The molecule has 3 aromatic rings. The first kappa shape index (κ1) is 20.6. The topological polar surface area (TPSA) is 56.3 Å². The molecule has 1 atom stereocenters. The van der Waals surface area contributed by atoms with E-state index in [1.807, 2.05) is 19.1 Å². The van der Waals surface area contributed by atoms with E-state index in [-0.39, 0.29) is 6.04 Å². The van der Waals surface area contributed by atoms with Crippen molar-refractivity contribution in [1.29, 1.82) is 0 Å². The van der Waals surface area contributed by atoms with Gasteiger partial charge in [0.25, 0.3) is 0 Å². The molecule has 0 bridgehead atoms. The second-order valence-corrected chi connectivity index (χ2v) is 7.07. The molecule has 1 unspecified atom stereocenters. The Kier molecular flexibility index (Phi) is 6.70. The lowest BCUT2D eigenvalue weighted by Gasteiger charge is -2.18. The minimum absolute atomic E-state index is 0.0834. The van der Waals surface area contributed by atoms with Crippen molar-refractivity contribution in [2.24, 2.45) is 0 Å². The smallest absolute Gasteiger partial charge is 0.162 e. The van der Waals surface area contributed by atoms with E-state index >= 15 is 0 Å². The van der Waals surface area contributed by atoms with Crippen molar-refractivity contribution in [1.82, 2.24) is 9.97 Å². The van der Waals surface area contributed by atoms with E-state index in [2.05, 4.69) is 65.5 Å². The molecule has 0 radical (unpaired) electrons. The second-order valence-electron chi connectivity index (χ2n) is 7.07. The number of aromatic nitrogens is 2. The van der Waals surface area contributed by atoms with E-state index in [9.17, 15) is 0 Å². The van der Waals surface area contributed by atoms with Crippen molar-refractivity contribution in [2.45, 2.75) is 39.7 Å². The number of nitrogens with one attached hydrogen (secondary N) is 1. The molecule has 0 saturated carbocycles. The Morgan fingerprint density at radius 3 is 2.55 bits per heavy atom. The van der Waals surface area contributed by atoms with E-state index < -0.39 is 0 Å². The quantitative estimate of drug-likeness (QED) is 0.515. The maximum absolute atomic E-state index is 5.47. The summed E-state index contributed by atoms with van der Waals surface area (Å²) in [4.78, 5) is 9.21. The first-order valence-corrected chi connectivity index (χ1v) is 9.99. The van der Waals surface area contributed by atoms with Crippen LogP contribution < -0.4 is 14.8 Å². The summed E-state index contributed by atoms with van der Waals surface area (Å²) >= 11 is 0. The van der Waals surface area contributed by atoms with Gasteiger partial charge in [0, 0.05) is 17.5 Å². The van der Waals surface area contributed by atoms with E-state index in [1.54, 1.807) is 14.2 Å². The van der Waals surface area contributed by atoms with Gasteiger partial charge < -0.3 is 14.8 Å². The number of rotatable bonds is 8. The van der Waals surface area contributed by atoms with E-state index in [4.69, 9.17) is 9.47 Å². The van der Waals surface area contributed by atoms with Crippen molar-refractivity contribution in [3.8, 4) is 11.5 Å². The molecule has 0 aliphatic carbocycles. The van der Waals surface area contributed by atoms with Crippen molar-refractivity contribution >= 4 is 22.8 Å². The lowest BCUT2D eigenvalue weighted by atomic mass is 10.0. The number of ether oxygens (including phenoxy) is 2. The zero-order valence-electron chi connectivity index (χ0n) is 17.8. The fourth-order valence-electron chi connectivity index (χ4n) is 3.29. The fraction of sp³-hybridized carbons (Fsp3) is 0.333. The zero-order chi connectivity index (χ0) is 20.8. The van der Waals surface area contributed by atoms with Gasteiger partial charge in [-0.25, -0.2) is 9.97 Å². The van der Waals surface area contributed by atoms with Gasteiger partial charge in [0.05, 0.1) is 19.7 Å². The van der Waals surface area contributed by atoms with Crippen LogP contribution in [0.4, 0.5) is 5.82 Å². The van der Waals surface area contributed by atoms with E-state index in [0.717, 1.165) is 29.6 Å². The fourth-order valence-corrected chi connectivity index (χ4v) is 3.29. The summed E-state index contributed by atoms with van der Waals surface area (Å²) in [6.45, 7) is 6.22. The number of unbranched alkanes of at least 4 members (excludes halogenated alkanes) is 1. The third-order valence-corrected chi connectivity index (χ3v) is 4.84. The van der Waals surface area contributed by atoms with Gasteiger partial charge in [-0.3, -0.25) is 0 Å². The highest BCUT2D eigenvalue weighted by atomic mass is 16.5. The van der Waals surface area contributed by atoms with Crippen LogP contribution in [0, 0.1) is 6.92 Å². The molecule has 5 heteroatoms. The van der Waals surface area contributed by atoms with Gasteiger partial charge in [-0.05, 0) is 43.5 Å². The van der Waals surface area contributed by atoms with Crippen LogP contribution in [0.5, 0.6) is 11.5 Å². The van der Waals surface area contributed by atoms with E-state index in [0.29, 0.717) is 17.3 Å². The van der Waals surface area contributed by atoms with Crippen LogP contribution in [0.1, 0.15) is 49.7 Å². The van der Waals surface area contributed by atoms with Gasteiger partial charge in [-0.2, -0.15) is 0 Å². The monoisotopic (exact) mass is 391 g/mol. The Bertz CT molecular complexity index is 1010. The average Bonchev–Trinajstić information content (AvgIpc) is 2.73. The average molecular weight is 392 g/mol. The molecule has 1 N–H and O–H groups in total. The molecule has 3 rings (SSSR count). The Hall–Kier alpha value is -3.08. The van der Waals surface area contributed by atoms with Crippen molar-refractivity contribution in [2.75, 3.05) is 19.5 Å². The van der Waals surface area contributed by atoms with Gasteiger partial charge in [-0.1, -0.05) is 43.7 Å². The minimum atomic E-state index is 0.0834. The minimum Gasteiger partial charge on any atom is -0.493 e. The molecule has 0 aliphatic heterocycles. The molecule has 1 aromatic heterocycles. The Morgan fingerprint density at radius 1 is 1.07 bits per heavy atom. The number of fused-ring (bicyclic) bond motifs is 1. The summed E-state index contributed by atoms with van der Waals surface area (Å²) in [7, 11) is 3.26. The highest BCUT2D eigenvalue weighted by Crippen LogP contribution is 2.35. The molecule has 0 spiro atoms.